The van der Waals surface area contributed by atoms with Crippen LogP contribution >= 0.6 is 11.3 Å². The van der Waals surface area contributed by atoms with Crippen LogP contribution in [0, 0.1) is 6.92 Å². The van der Waals surface area contributed by atoms with E-state index in [1.807, 2.05) is 18.2 Å². The van der Waals surface area contributed by atoms with Crippen LogP contribution < -0.4 is 9.47 Å². The molecule has 2 aromatic rings. The Morgan fingerprint density at radius 2 is 2.08 bits per heavy atom. The van der Waals surface area contributed by atoms with Gasteiger partial charge in [-0.1, -0.05) is 0 Å². The second-order valence-electron chi connectivity index (χ2n) is 6.00. The van der Waals surface area contributed by atoms with Crippen molar-refractivity contribution in [1.29, 1.82) is 0 Å². The predicted octanol–water partition coefficient (Wildman–Crippen LogP) is 3.30. The van der Waals surface area contributed by atoms with Crippen molar-refractivity contribution in [2.24, 2.45) is 0 Å². The number of aryl methyl sites for hydroxylation is 1. The number of aromatic carboxylic acids is 1. The smallest absolute Gasteiger partial charge is 0.347 e. The van der Waals surface area contributed by atoms with Gasteiger partial charge in [-0.15, -0.1) is 11.3 Å². The molecular formula is C18H22N2O4S. The summed E-state index contributed by atoms with van der Waals surface area (Å²) in [5.74, 6) is 0.373. The van der Waals surface area contributed by atoms with Crippen molar-refractivity contribution in [2.75, 3.05) is 33.4 Å². The second kappa shape index (κ2) is 7.84. The van der Waals surface area contributed by atoms with Gasteiger partial charge >= 0.3 is 5.97 Å². The van der Waals surface area contributed by atoms with Gasteiger partial charge in [0.05, 0.1) is 12.8 Å². The first-order valence-corrected chi connectivity index (χ1v) is 9.14. The second-order valence-corrected chi connectivity index (χ2v) is 7.00. The van der Waals surface area contributed by atoms with Crippen molar-refractivity contribution in [3.8, 4) is 22.1 Å². The number of nitrogens with zero attached hydrogens (tertiary/aromatic N) is 2. The van der Waals surface area contributed by atoms with Crippen molar-refractivity contribution >= 4 is 17.3 Å². The number of likely N-dealkylation sites (tertiary alicyclic amines) is 1. The maximum Gasteiger partial charge on any atom is 0.347 e. The van der Waals surface area contributed by atoms with Crippen molar-refractivity contribution < 1.29 is 19.4 Å². The van der Waals surface area contributed by atoms with E-state index in [1.165, 1.54) is 24.2 Å². The molecule has 6 nitrogen and oxygen atoms in total. The summed E-state index contributed by atoms with van der Waals surface area (Å²) in [6.07, 6.45) is 2.52. The number of ether oxygens (including phenoxy) is 2. The minimum atomic E-state index is -0.947. The SMILES string of the molecule is COc1ccc(-c2nc(C)c(C(=O)O)s2)cc1OCCN1CCCC1. The number of hydrogen-bond donors (Lipinski definition) is 1. The molecule has 0 radical (unpaired) electrons. The molecule has 1 saturated heterocycles. The molecule has 1 aliphatic rings. The van der Waals surface area contributed by atoms with E-state index in [2.05, 4.69) is 9.88 Å². The fraction of sp³-hybridized carbons (Fsp3) is 0.444. The molecule has 0 unspecified atom stereocenters. The van der Waals surface area contributed by atoms with Gasteiger partial charge in [0, 0.05) is 12.1 Å². The summed E-state index contributed by atoms with van der Waals surface area (Å²) in [6, 6.07) is 5.57. The summed E-state index contributed by atoms with van der Waals surface area (Å²) in [5.41, 5.74) is 1.36. The lowest BCUT2D eigenvalue weighted by Gasteiger charge is -2.16. The minimum Gasteiger partial charge on any atom is -0.493 e. The molecule has 0 saturated carbocycles. The number of thiazole rings is 1. The third kappa shape index (κ3) is 4.11. The molecule has 1 aromatic carbocycles. The average molecular weight is 362 g/mol. The molecule has 2 heterocycles. The predicted molar refractivity (Wildman–Crippen MR) is 97.0 cm³/mol. The molecule has 0 atom stereocenters. The largest absolute Gasteiger partial charge is 0.493 e. The zero-order chi connectivity index (χ0) is 17.8. The molecule has 1 N–H and O–H groups in total. The van der Waals surface area contributed by atoms with Crippen molar-refractivity contribution in [1.82, 2.24) is 9.88 Å². The molecule has 134 valence electrons. The van der Waals surface area contributed by atoms with Crippen LogP contribution in [0.25, 0.3) is 10.6 Å². The highest BCUT2D eigenvalue weighted by atomic mass is 32.1. The highest BCUT2D eigenvalue weighted by Gasteiger charge is 2.17. The van der Waals surface area contributed by atoms with Crippen LogP contribution in [-0.4, -0.2) is 54.3 Å². The van der Waals surface area contributed by atoms with Crippen LogP contribution in [0.5, 0.6) is 11.5 Å². The first-order chi connectivity index (χ1) is 12.1. The van der Waals surface area contributed by atoms with Crippen molar-refractivity contribution in [3.05, 3.63) is 28.8 Å². The zero-order valence-corrected chi connectivity index (χ0v) is 15.3. The lowest BCUT2D eigenvalue weighted by Crippen LogP contribution is -2.25. The van der Waals surface area contributed by atoms with Gasteiger partial charge in [-0.2, -0.15) is 0 Å². The molecule has 1 aromatic heterocycles. The molecule has 0 spiro atoms. The standard InChI is InChI=1S/C18H22N2O4S/c1-12-16(18(21)22)25-17(19-12)13-5-6-14(23-2)15(11-13)24-10-9-20-7-3-4-8-20/h5-6,11H,3-4,7-10H2,1-2H3,(H,21,22). The van der Waals surface area contributed by atoms with Crippen LogP contribution in [0.1, 0.15) is 28.2 Å². The van der Waals surface area contributed by atoms with Crippen molar-refractivity contribution in [3.63, 3.8) is 0 Å². The number of aromatic nitrogens is 1. The maximum atomic E-state index is 11.2. The molecule has 0 amide bonds. The van der Waals surface area contributed by atoms with Gasteiger partial charge in [-0.25, -0.2) is 9.78 Å². The molecule has 1 fully saturated rings. The van der Waals surface area contributed by atoms with Crippen LogP contribution in [0.3, 0.4) is 0 Å². The summed E-state index contributed by atoms with van der Waals surface area (Å²) in [5, 5.41) is 9.87. The Morgan fingerprint density at radius 3 is 2.72 bits per heavy atom. The fourth-order valence-corrected chi connectivity index (χ4v) is 3.83. The molecular weight excluding hydrogens is 340 g/mol. The molecule has 1 aliphatic heterocycles. The third-order valence-electron chi connectivity index (χ3n) is 4.27. The third-order valence-corrected chi connectivity index (χ3v) is 5.46. The highest BCUT2D eigenvalue weighted by molar-refractivity contribution is 7.17. The van der Waals surface area contributed by atoms with Crippen LogP contribution in [0.15, 0.2) is 18.2 Å². The first kappa shape index (κ1) is 17.7. The van der Waals surface area contributed by atoms with E-state index >= 15 is 0 Å². The Hall–Kier alpha value is -2.12. The number of carboxylic acids is 1. The van der Waals surface area contributed by atoms with E-state index in [4.69, 9.17) is 9.47 Å². The van der Waals surface area contributed by atoms with E-state index in [9.17, 15) is 9.90 Å². The van der Waals surface area contributed by atoms with Gasteiger partial charge in [0.25, 0.3) is 0 Å². The summed E-state index contributed by atoms with van der Waals surface area (Å²) in [4.78, 5) is 18.3. The van der Waals surface area contributed by atoms with E-state index in [-0.39, 0.29) is 4.88 Å². The summed E-state index contributed by atoms with van der Waals surface area (Å²) in [7, 11) is 1.61. The van der Waals surface area contributed by atoms with E-state index in [0.717, 1.165) is 25.2 Å². The monoisotopic (exact) mass is 362 g/mol. The Bertz CT molecular complexity index is 754. The normalized spacial score (nSPS) is 14.6. The van der Waals surface area contributed by atoms with Gasteiger partial charge in [-0.3, -0.25) is 4.90 Å². The van der Waals surface area contributed by atoms with E-state index < -0.39 is 5.97 Å². The molecule has 0 bridgehead atoms. The zero-order valence-electron chi connectivity index (χ0n) is 14.4. The number of methoxy groups -OCH3 is 1. The van der Waals surface area contributed by atoms with Crippen LogP contribution in [-0.2, 0) is 0 Å². The minimum absolute atomic E-state index is 0.266. The molecule has 25 heavy (non-hydrogen) atoms. The Morgan fingerprint density at radius 1 is 1.32 bits per heavy atom. The lowest BCUT2D eigenvalue weighted by atomic mass is 10.2. The Balaban J connectivity index is 1.76. The number of hydrogen-bond acceptors (Lipinski definition) is 6. The topological polar surface area (TPSA) is 71.9 Å². The lowest BCUT2D eigenvalue weighted by molar-refractivity contribution is 0.0701. The van der Waals surface area contributed by atoms with E-state index in [0.29, 0.717) is 28.8 Å². The fourth-order valence-electron chi connectivity index (χ4n) is 2.93. The Kier molecular flexibility index (Phi) is 5.55. The van der Waals surface area contributed by atoms with Gasteiger partial charge in [-0.05, 0) is 51.1 Å². The molecule has 0 aliphatic carbocycles. The van der Waals surface area contributed by atoms with Crippen molar-refractivity contribution in [2.45, 2.75) is 19.8 Å². The maximum absolute atomic E-state index is 11.2. The van der Waals surface area contributed by atoms with Crippen LogP contribution in [0.4, 0.5) is 0 Å². The summed E-state index contributed by atoms with van der Waals surface area (Å²) >= 11 is 1.17. The average Bonchev–Trinajstić information content (AvgIpc) is 3.24. The number of benzene rings is 1. The number of rotatable bonds is 7. The quantitative estimate of drug-likeness (QED) is 0.815. The molecule has 7 heteroatoms. The van der Waals surface area contributed by atoms with E-state index in [1.54, 1.807) is 14.0 Å². The number of carbonyl (C=O) groups is 1. The Labute approximate surface area is 151 Å². The summed E-state index contributed by atoms with van der Waals surface area (Å²) < 4.78 is 11.3. The van der Waals surface area contributed by atoms with Gasteiger partial charge < -0.3 is 14.6 Å². The first-order valence-electron chi connectivity index (χ1n) is 8.33. The van der Waals surface area contributed by atoms with Gasteiger partial charge in [0.1, 0.15) is 16.5 Å². The van der Waals surface area contributed by atoms with Gasteiger partial charge in [0.2, 0.25) is 0 Å². The van der Waals surface area contributed by atoms with Crippen LogP contribution in [0.2, 0.25) is 0 Å². The molecule has 3 rings (SSSR count). The highest BCUT2D eigenvalue weighted by Crippen LogP contribution is 2.35. The van der Waals surface area contributed by atoms with Gasteiger partial charge in [0.15, 0.2) is 11.5 Å². The number of carboxylic acid groups (broad SMARTS) is 1. The summed E-state index contributed by atoms with van der Waals surface area (Å²) in [6.45, 7) is 5.47.